The van der Waals surface area contributed by atoms with Crippen molar-refractivity contribution in [1.82, 2.24) is 5.32 Å². The van der Waals surface area contributed by atoms with E-state index in [-0.39, 0.29) is 11.8 Å². The van der Waals surface area contributed by atoms with Gasteiger partial charge in [0, 0.05) is 13.5 Å². The molecule has 0 spiro atoms. The average Bonchev–Trinajstić information content (AvgIpc) is 1.83. The summed E-state index contributed by atoms with van der Waals surface area (Å²) in [7, 11) is 0. The molecule has 1 amide bonds. The fraction of sp³-hybridized carbons (Fsp3) is 0.667. The second-order valence-electron chi connectivity index (χ2n) is 2.17. The summed E-state index contributed by atoms with van der Waals surface area (Å²) in [5, 5.41) is 10.0. The van der Waals surface area contributed by atoms with Crippen molar-refractivity contribution in [3.8, 4) is 0 Å². The van der Waals surface area contributed by atoms with Crippen LogP contribution in [0.25, 0.3) is 0 Å². The van der Waals surface area contributed by atoms with Crippen molar-refractivity contribution in [3.05, 3.63) is 0 Å². The van der Waals surface area contributed by atoms with E-state index in [0.29, 0.717) is 0 Å². The maximum absolute atomic E-state index is 10.1. The Kier molecular flexibility index (Phi) is 3.46. The summed E-state index contributed by atoms with van der Waals surface area (Å²) >= 11 is 0. The van der Waals surface area contributed by atoms with Gasteiger partial charge in [-0.1, -0.05) is 6.92 Å². The monoisotopic (exact) mass is 145 g/mol. The summed E-state index contributed by atoms with van der Waals surface area (Å²) in [6.07, 6.45) is 0. The first-order valence-corrected chi connectivity index (χ1v) is 3.01. The summed E-state index contributed by atoms with van der Waals surface area (Å²) in [6.45, 7) is 3.87. The lowest BCUT2D eigenvalue weighted by atomic mass is 10.1. The molecule has 4 heteroatoms. The van der Waals surface area contributed by atoms with Gasteiger partial charge in [-0.25, -0.2) is 0 Å². The molecule has 1 rings (SSSR count). The summed E-state index contributed by atoms with van der Waals surface area (Å²) in [5.41, 5.74) is 0. The lowest BCUT2D eigenvalue weighted by Crippen LogP contribution is -2.46. The fourth-order valence-electron chi connectivity index (χ4n) is 0.390. The number of carbonyl (C=O) groups excluding carboxylic acids is 1. The number of aliphatic carboxylic acids is 1. The first-order chi connectivity index (χ1) is 4.54. The summed E-state index contributed by atoms with van der Waals surface area (Å²) < 4.78 is 0. The summed E-state index contributed by atoms with van der Waals surface area (Å²) in [6, 6.07) is 0. The summed E-state index contributed by atoms with van der Waals surface area (Å²) in [5.74, 6) is -0.361. The van der Waals surface area contributed by atoms with Crippen molar-refractivity contribution < 1.29 is 14.7 Å². The highest BCUT2D eigenvalue weighted by molar-refractivity contribution is 5.83. The van der Waals surface area contributed by atoms with Crippen molar-refractivity contribution >= 4 is 11.9 Å². The molecule has 58 valence electrons. The van der Waals surface area contributed by atoms with Crippen LogP contribution in [0.2, 0.25) is 0 Å². The smallest absolute Gasteiger partial charge is 0.300 e. The molecular formula is C6H11NO3. The van der Waals surface area contributed by atoms with Crippen molar-refractivity contribution in [2.24, 2.45) is 5.92 Å². The van der Waals surface area contributed by atoms with Gasteiger partial charge in [0.15, 0.2) is 0 Å². The SMILES string of the molecule is CC(=O)O.CC1CNC1=O. The van der Waals surface area contributed by atoms with E-state index < -0.39 is 5.97 Å². The maximum atomic E-state index is 10.1. The van der Waals surface area contributed by atoms with Crippen LogP contribution in [-0.2, 0) is 9.59 Å². The van der Waals surface area contributed by atoms with E-state index in [9.17, 15) is 4.79 Å². The van der Waals surface area contributed by atoms with Gasteiger partial charge in [0.2, 0.25) is 5.91 Å². The third-order valence-corrected chi connectivity index (χ3v) is 1.03. The van der Waals surface area contributed by atoms with Gasteiger partial charge in [-0.15, -0.1) is 0 Å². The molecule has 0 radical (unpaired) electrons. The van der Waals surface area contributed by atoms with E-state index in [2.05, 4.69) is 5.32 Å². The topological polar surface area (TPSA) is 66.4 Å². The van der Waals surface area contributed by atoms with Crippen LogP contribution in [0.4, 0.5) is 0 Å². The van der Waals surface area contributed by atoms with E-state index in [1.807, 2.05) is 6.92 Å². The Bertz CT molecular complexity index is 140. The number of carboxylic acid groups (broad SMARTS) is 1. The Morgan fingerprint density at radius 2 is 2.10 bits per heavy atom. The minimum Gasteiger partial charge on any atom is -0.481 e. The zero-order chi connectivity index (χ0) is 8.15. The molecule has 1 saturated heterocycles. The Hall–Kier alpha value is -1.06. The number of hydrogen-bond acceptors (Lipinski definition) is 2. The molecule has 1 aliphatic heterocycles. The van der Waals surface area contributed by atoms with E-state index in [1.54, 1.807) is 0 Å². The van der Waals surface area contributed by atoms with Gasteiger partial charge in [0.05, 0.1) is 5.92 Å². The zero-order valence-corrected chi connectivity index (χ0v) is 6.05. The number of hydrogen-bond donors (Lipinski definition) is 2. The third kappa shape index (κ3) is 3.88. The Labute approximate surface area is 59.2 Å². The second kappa shape index (κ2) is 3.87. The van der Waals surface area contributed by atoms with Gasteiger partial charge >= 0.3 is 0 Å². The standard InChI is InChI=1S/C4H7NO.C2H4O2/c1-3-2-5-4(3)6;1-2(3)4/h3H,2H2,1H3,(H,5,6);1H3,(H,3,4). The molecule has 1 atom stereocenters. The van der Waals surface area contributed by atoms with Gasteiger partial charge in [0.1, 0.15) is 0 Å². The molecule has 10 heavy (non-hydrogen) atoms. The highest BCUT2D eigenvalue weighted by atomic mass is 16.4. The molecule has 1 aliphatic rings. The highest BCUT2D eigenvalue weighted by Gasteiger charge is 2.20. The van der Waals surface area contributed by atoms with Crippen molar-refractivity contribution in [3.63, 3.8) is 0 Å². The number of amides is 1. The number of carbonyl (C=O) groups is 2. The predicted octanol–water partition coefficient (Wildman–Crippen LogP) is -0.157. The lowest BCUT2D eigenvalue weighted by Gasteiger charge is -2.20. The van der Waals surface area contributed by atoms with Crippen LogP contribution in [0.3, 0.4) is 0 Å². The van der Waals surface area contributed by atoms with Gasteiger partial charge < -0.3 is 10.4 Å². The van der Waals surface area contributed by atoms with Crippen LogP contribution in [0, 0.1) is 5.92 Å². The number of rotatable bonds is 0. The molecule has 0 bridgehead atoms. The zero-order valence-electron chi connectivity index (χ0n) is 6.05. The lowest BCUT2D eigenvalue weighted by molar-refractivity contribution is -0.134. The van der Waals surface area contributed by atoms with Gasteiger partial charge in [-0.05, 0) is 0 Å². The largest absolute Gasteiger partial charge is 0.481 e. The Morgan fingerprint density at radius 3 is 2.10 bits per heavy atom. The first-order valence-electron chi connectivity index (χ1n) is 3.01. The molecule has 4 nitrogen and oxygen atoms in total. The predicted molar refractivity (Wildman–Crippen MR) is 35.5 cm³/mol. The number of β-lactam (4-membered cyclic amide) rings is 1. The van der Waals surface area contributed by atoms with Crippen LogP contribution in [0.5, 0.6) is 0 Å². The van der Waals surface area contributed by atoms with E-state index >= 15 is 0 Å². The minimum absolute atomic E-state index is 0.190. The van der Waals surface area contributed by atoms with Crippen LogP contribution < -0.4 is 5.32 Å². The summed E-state index contributed by atoms with van der Waals surface area (Å²) in [4.78, 5) is 19.1. The minimum atomic E-state index is -0.833. The third-order valence-electron chi connectivity index (χ3n) is 1.03. The van der Waals surface area contributed by atoms with Crippen LogP contribution >= 0.6 is 0 Å². The van der Waals surface area contributed by atoms with Crippen molar-refractivity contribution in [1.29, 1.82) is 0 Å². The second-order valence-corrected chi connectivity index (χ2v) is 2.17. The fourth-order valence-corrected chi connectivity index (χ4v) is 0.390. The molecule has 1 fully saturated rings. The van der Waals surface area contributed by atoms with E-state index in [0.717, 1.165) is 13.5 Å². The maximum Gasteiger partial charge on any atom is 0.300 e. The average molecular weight is 145 g/mol. The first kappa shape index (κ1) is 8.94. The van der Waals surface area contributed by atoms with Gasteiger partial charge in [0.25, 0.3) is 5.97 Å². The molecule has 0 aliphatic carbocycles. The van der Waals surface area contributed by atoms with Crippen LogP contribution in [0.15, 0.2) is 0 Å². The number of carboxylic acids is 1. The molecule has 1 unspecified atom stereocenters. The molecule has 2 N–H and O–H groups in total. The van der Waals surface area contributed by atoms with Gasteiger partial charge in [-0.3, -0.25) is 9.59 Å². The highest BCUT2D eigenvalue weighted by Crippen LogP contribution is 2.00. The van der Waals surface area contributed by atoms with Crippen LogP contribution in [-0.4, -0.2) is 23.5 Å². The van der Waals surface area contributed by atoms with Crippen LogP contribution in [0.1, 0.15) is 13.8 Å². The molecular weight excluding hydrogens is 134 g/mol. The normalized spacial score (nSPS) is 21.4. The molecule has 0 aromatic carbocycles. The molecule has 1 heterocycles. The Balaban J connectivity index is 0.000000180. The molecule has 0 aromatic heterocycles. The van der Waals surface area contributed by atoms with Crippen molar-refractivity contribution in [2.45, 2.75) is 13.8 Å². The Morgan fingerprint density at radius 1 is 1.80 bits per heavy atom. The molecule has 0 aromatic rings. The van der Waals surface area contributed by atoms with Gasteiger partial charge in [-0.2, -0.15) is 0 Å². The van der Waals surface area contributed by atoms with E-state index in [4.69, 9.17) is 9.90 Å². The van der Waals surface area contributed by atoms with Crippen molar-refractivity contribution in [2.75, 3.05) is 6.54 Å². The quantitative estimate of drug-likeness (QED) is 0.465. The number of nitrogens with one attached hydrogen (secondary N) is 1. The molecule has 0 saturated carbocycles. The van der Waals surface area contributed by atoms with E-state index in [1.165, 1.54) is 0 Å².